The second-order valence-corrected chi connectivity index (χ2v) is 5.76. The number of aryl methyl sites for hydroxylation is 1. The molecule has 1 aromatic rings. The minimum atomic E-state index is -1.03. The first-order chi connectivity index (χ1) is 8.40. The standard InChI is InChI=1S/C12H14BrNO3S/c1-7-5-9(13)3-4-10(7)18-6-11(15)14-8(2)12(16)17/h3-5,8H,6H2,1-2H3,(H,14,15)(H,16,17). The fraction of sp³-hybridized carbons (Fsp3) is 0.333. The lowest BCUT2D eigenvalue weighted by atomic mass is 10.2. The molecule has 1 unspecified atom stereocenters. The van der Waals surface area contributed by atoms with E-state index in [1.807, 2.05) is 25.1 Å². The van der Waals surface area contributed by atoms with Gasteiger partial charge in [0.1, 0.15) is 6.04 Å². The molecule has 1 aromatic carbocycles. The SMILES string of the molecule is Cc1cc(Br)ccc1SCC(=O)NC(C)C(=O)O. The van der Waals surface area contributed by atoms with Gasteiger partial charge in [-0.15, -0.1) is 11.8 Å². The van der Waals surface area contributed by atoms with Crippen LogP contribution < -0.4 is 5.32 Å². The first kappa shape index (κ1) is 15.0. The van der Waals surface area contributed by atoms with Crippen LogP contribution in [0.1, 0.15) is 12.5 Å². The van der Waals surface area contributed by atoms with Crippen LogP contribution in [0.3, 0.4) is 0 Å². The van der Waals surface area contributed by atoms with Gasteiger partial charge in [0, 0.05) is 9.37 Å². The van der Waals surface area contributed by atoms with Crippen molar-refractivity contribution in [3.63, 3.8) is 0 Å². The maximum atomic E-state index is 11.5. The third-order valence-electron chi connectivity index (χ3n) is 2.24. The number of aliphatic carboxylic acids is 1. The molecule has 0 bridgehead atoms. The molecule has 0 spiro atoms. The number of nitrogens with one attached hydrogen (secondary N) is 1. The number of carboxylic acid groups (broad SMARTS) is 1. The largest absolute Gasteiger partial charge is 0.480 e. The number of hydrogen-bond acceptors (Lipinski definition) is 3. The number of hydrogen-bond donors (Lipinski definition) is 2. The van der Waals surface area contributed by atoms with Crippen molar-refractivity contribution in [2.24, 2.45) is 0 Å². The van der Waals surface area contributed by atoms with Crippen LogP contribution in [-0.2, 0) is 9.59 Å². The van der Waals surface area contributed by atoms with Crippen LogP contribution in [-0.4, -0.2) is 28.8 Å². The maximum Gasteiger partial charge on any atom is 0.325 e. The molecule has 0 aromatic heterocycles. The van der Waals surface area contributed by atoms with Crippen molar-refractivity contribution < 1.29 is 14.7 Å². The quantitative estimate of drug-likeness (QED) is 0.813. The first-order valence-electron chi connectivity index (χ1n) is 5.31. The smallest absolute Gasteiger partial charge is 0.325 e. The van der Waals surface area contributed by atoms with E-state index >= 15 is 0 Å². The van der Waals surface area contributed by atoms with Crippen LogP contribution in [0.2, 0.25) is 0 Å². The molecule has 0 fully saturated rings. The van der Waals surface area contributed by atoms with Crippen molar-refractivity contribution in [2.45, 2.75) is 24.8 Å². The molecule has 0 aliphatic rings. The number of carboxylic acids is 1. The predicted molar refractivity (Wildman–Crippen MR) is 74.8 cm³/mol. The zero-order valence-corrected chi connectivity index (χ0v) is 12.5. The molecule has 1 rings (SSSR count). The number of carbonyl (C=O) groups excluding carboxylic acids is 1. The zero-order chi connectivity index (χ0) is 13.7. The van der Waals surface area contributed by atoms with Gasteiger partial charge in [-0.05, 0) is 37.6 Å². The maximum absolute atomic E-state index is 11.5. The fourth-order valence-electron chi connectivity index (χ4n) is 1.26. The van der Waals surface area contributed by atoms with Crippen LogP contribution in [0, 0.1) is 6.92 Å². The van der Waals surface area contributed by atoms with Crippen molar-refractivity contribution in [1.82, 2.24) is 5.32 Å². The summed E-state index contributed by atoms with van der Waals surface area (Å²) < 4.78 is 0.994. The molecular weight excluding hydrogens is 318 g/mol. The van der Waals surface area contributed by atoms with E-state index in [1.54, 1.807) is 0 Å². The summed E-state index contributed by atoms with van der Waals surface area (Å²) in [7, 11) is 0. The Morgan fingerprint density at radius 3 is 2.72 bits per heavy atom. The van der Waals surface area contributed by atoms with Crippen molar-refractivity contribution in [3.05, 3.63) is 28.2 Å². The van der Waals surface area contributed by atoms with Gasteiger partial charge < -0.3 is 10.4 Å². The van der Waals surface area contributed by atoms with Crippen molar-refractivity contribution >= 4 is 39.6 Å². The van der Waals surface area contributed by atoms with Crippen LogP contribution in [0.25, 0.3) is 0 Å². The monoisotopic (exact) mass is 331 g/mol. The van der Waals surface area contributed by atoms with Crippen LogP contribution in [0.5, 0.6) is 0 Å². The number of benzene rings is 1. The molecule has 18 heavy (non-hydrogen) atoms. The average Bonchev–Trinajstić information content (AvgIpc) is 2.27. The number of halogens is 1. The average molecular weight is 332 g/mol. The molecule has 0 radical (unpaired) electrons. The van der Waals surface area contributed by atoms with Gasteiger partial charge in [0.2, 0.25) is 5.91 Å². The Morgan fingerprint density at radius 2 is 2.17 bits per heavy atom. The van der Waals surface area contributed by atoms with Gasteiger partial charge in [-0.25, -0.2) is 0 Å². The van der Waals surface area contributed by atoms with E-state index in [1.165, 1.54) is 18.7 Å². The van der Waals surface area contributed by atoms with Gasteiger partial charge in [0.25, 0.3) is 0 Å². The molecular formula is C12H14BrNO3S. The van der Waals surface area contributed by atoms with Crippen LogP contribution in [0.4, 0.5) is 0 Å². The zero-order valence-electron chi connectivity index (χ0n) is 10.1. The summed E-state index contributed by atoms with van der Waals surface area (Å²) in [5, 5.41) is 11.1. The highest BCUT2D eigenvalue weighted by molar-refractivity contribution is 9.10. The van der Waals surface area contributed by atoms with Crippen LogP contribution in [0.15, 0.2) is 27.6 Å². The molecule has 0 aliphatic carbocycles. The molecule has 0 aliphatic heterocycles. The molecule has 0 saturated carbocycles. The topological polar surface area (TPSA) is 66.4 Å². The van der Waals surface area contributed by atoms with E-state index in [9.17, 15) is 9.59 Å². The van der Waals surface area contributed by atoms with Crippen molar-refractivity contribution in [1.29, 1.82) is 0 Å². The van der Waals surface area contributed by atoms with E-state index in [-0.39, 0.29) is 11.7 Å². The normalized spacial score (nSPS) is 11.9. The highest BCUT2D eigenvalue weighted by atomic mass is 79.9. The molecule has 6 heteroatoms. The Hall–Kier alpha value is -1.01. The predicted octanol–water partition coefficient (Wildman–Crippen LogP) is 2.44. The lowest BCUT2D eigenvalue weighted by Gasteiger charge is -2.10. The summed E-state index contributed by atoms with van der Waals surface area (Å²) in [5.74, 6) is -1.11. The van der Waals surface area contributed by atoms with E-state index in [2.05, 4.69) is 21.2 Å². The summed E-state index contributed by atoms with van der Waals surface area (Å²) >= 11 is 4.76. The van der Waals surface area contributed by atoms with Crippen molar-refractivity contribution in [2.75, 3.05) is 5.75 Å². The van der Waals surface area contributed by atoms with Gasteiger partial charge in [-0.3, -0.25) is 9.59 Å². The first-order valence-corrected chi connectivity index (χ1v) is 7.09. The Balaban J connectivity index is 2.50. The molecule has 1 amide bonds. The molecule has 1 atom stereocenters. The minimum Gasteiger partial charge on any atom is -0.480 e. The van der Waals surface area contributed by atoms with Crippen LogP contribution >= 0.6 is 27.7 Å². The number of amides is 1. The van der Waals surface area contributed by atoms with Gasteiger partial charge in [0.05, 0.1) is 5.75 Å². The van der Waals surface area contributed by atoms with E-state index < -0.39 is 12.0 Å². The second kappa shape index (κ2) is 6.80. The lowest BCUT2D eigenvalue weighted by molar-refractivity contribution is -0.140. The number of rotatable bonds is 5. The van der Waals surface area contributed by atoms with Crippen molar-refractivity contribution in [3.8, 4) is 0 Å². The number of carbonyl (C=O) groups is 2. The van der Waals surface area contributed by atoms with E-state index in [0.717, 1.165) is 14.9 Å². The highest BCUT2D eigenvalue weighted by Crippen LogP contribution is 2.25. The third kappa shape index (κ3) is 4.70. The number of thioether (sulfide) groups is 1. The Bertz CT molecular complexity index is 465. The Morgan fingerprint density at radius 1 is 1.50 bits per heavy atom. The van der Waals surface area contributed by atoms with Gasteiger partial charge in [-0.2, -0.15) is 0 Å². The molecule has 0 saturated heterocycles. The van der Waals surface area contributed by atoms with Gasteiger partial charge in [-0.1, -0.05) is 15.9 Å². The molecule has 98 valence electrons. The lowest BCUT2D eigenvalue weighted by Crippen LogP contribution is -2.39. The van der Waals surface area contributed by atoms with E-state index in [4.69, 9.17) is 5.11 Å². The molecule has 0 heterocycles. The summed E-state index contributed by atoms with van der Waals surface area (Å²) in [6, 6.07) is 4.95. The fourth-order valence-corrected chi connectivity index (χ4v) is 2.56. The summed E-state index contributed by atoms with van der Waals surface area (Å²) in [6.45, 7) is 3.40. The minimum absolute atomic E-state index is 0.208. The summed E-state index contributed by atoms with van der Waals surface area (Å²) in [4.78, 5) is 23.1. The molecule has 4 nitrogen and oxygen atoms in total. The summed E-state index contributed by atoms with van der Waals surface area (Å²) in [5.41, 5.74) is 1.08. The van der Waals surface area contributed by atoms with E-state index in [0.29, 0.717) is 0 Å². The third-order valence-corrected chi connectivity index (χ3v) is 3.91. The summed E-state index contributed by atoms with van der Waals surface area (Å²) in [6.07, 6.45) is 0. The Labute approximate surface area is 118 Å². The highest BCUT2D eigenvalue weighted by Gasteiger charge is 2.14. The molecule has 2 N–H and O–H groups in total. The van der Waals surface area contributed by atoms with Gasteiger partial charge in [0.15, 0.2) is 0 Å². The Kier molecular flexibility index (Phi) is 5.68. The second-order valence-electron chi connectivity index (χ2n) is 3.83. The van der Waals surface area contributed by atoms with Gasteiger partial charge >= 0.3 is 5.97 Å².